The van der Waals surface area contributed by atoms with Gasteiger partial charge in [-0.25, -0.2) is 4.98 Å². The molecule has 0 radical (unpaired) electrons. The minimum absolute atomic E-state index is 0.302. The maximum absolute atomic E-state index is 10.00. The van der Waals surface area contributed by atoms with Crippen molar-refractivity contribution in [2.45, 2.75) is 19.4 Å². The number of ether oxygens (including phenoxy) is 1. The minimum Gasteiger partial charge on any atom is -0.508 e. The van der Waals surface area contributed by atoms with Crippen LogP contribution in [0.5, 0.6) is 11.5 Å². The van der Waals surface area contributed by atoms with Gasteiger partial charge in [0.2, 0.25) is 0 Å². The minimum atomic E-state index is 0.302. The van der Waals surface area contributed by atoms with Crippen LogP contribution in [0.2, 0.25) is 0 Å². The molecule has 23 heavy (non-hydrogen) atoms. The molecule has 0 fully saturated rings. The molecular formula is C19H20N2O2. The molecule has 1 heterocycles. The van der Waals surface area contributed by atoms with Crippen LogP contribution in [-0.2, 0) is 13.0 Å². The van der Waals surface area contributed by atoms with Crippen LogP contribution in [0.3, 0.4) is 0 Å². The summed E-state index contributed by atoms with van der Waals surface area (Å²) in [6, 6.07) is 13.6. The monoisotopic (exact) mass is 308 g/mol. The molecule has 118 valence electrons. The van der Waals surface area contributed by atoms with Crippen molar-refractivity contribution in [1.82, 2.24) is 9.55 Å². The first kappa shape index (κ1) is 15.2. The van der Waals surface area contributed by atoms with Gasteiger partial charge in [0.05, 0.1) is 13.4 Å². The standard InChI is InChI=1S/C19H20N2O2/c1-23-19-6-4-16(5-7-19)17-11-15(12-18(22)13-17)3-2-9-21-10-8-20-14-21/h4-8,10-14,22H,2-3,9H2,1H3. The van der Waals surface area contributed by atoms with Crippen molar-refractivity contribution < 1.29 is 9.84 Å². The molecule has 4 nitrogen and oxygen atoms in total. The van der Waals surface area contributed by atoms with Crippen LogP contribution in [0, 0.1) is 0 Å². The average Bonchev–Trinajstić information content (AvgIpc) is 3.08. The lowest BCUT2D eigenvalue weighted by atomic mass is 10.00. The molecule has 2 aromatic carbocycles. The van der Waals surface area contributed by atoms with Crippen molar-refractivity contribution >= 4 is 0 Å². The molecule has 0 bridgehead atoms. The number of aryl methyl sites for hydroxylation is 2. The molecule has 4 heteroatoms. The van der Waals surface area contributed by atoms with Crippen molar-refractivity contribution in [3.63, 3.8) is 0 Å². The first-order valence-electron chi connectivity index (χ1n) is 7.68. The Balaban J connectivity index is 1.72. The SMILES string of the molecule is COc1ccc(-c2cc(O)cc(CCCn3ccnc3)c2)cc1. The number of aromatic nitrogens is 2. The van der Waals surface area contributed by atoms with Gasteiger partial charge in [-0.3, -0.25) is 0 Å². The van der Waals surface area contributed by atoms with Crippen molar-refractivity contribution in [2.75, 3.05) is 7.11 Å². The van der Waals surface area contributed by atoms with E-state index in [0.717, 1.165) is 41.8 Å². The van der Waals surface area contributed by atoms with E-state index in [-0.39, 0.29) is 0 Å². The quantitative estimate of drug-likeness (QED) is 0.751. The van der Waals surface area contributed by atoms with E-state index in [1.165, 1.54) is 0 Å². The molecule has 1 aromatic heterocycles. The number of nitrogens with zero attached hydrogens (tertiary/aromatic N) is 2. The highest BCUT2D eigenvalue weighted by molar-refractivity contribution is 5.66. The van der Waals surface area contributed by atoms with Crippen molar-refractivity contribution in [2.24, 2.45) is 0 Å². The molecular weight excluding hydrogens is 288 g/mol. The van der Waals surface area contributed by atoms with Gasteiger partial charge in [0.25, 0.3) is 0 Å². The van der Waals surface area contributed by atoms with E-state index < -0.39 is 0 Å². The molecule has 0 spiro atoms. The Hall–Kier alpha value is -2.75. The maximum Gasteiger partial charge on any atom is 0.118 e. The molecule has 0 aliphatic heterocycles. The van der Waals surface area contributed by atoms with Gasteiger partial charge in [0, 0.05) is 18.9 Å². The number of aromatic hydroxyl groups is 1. The van der Waals surface area contributed by atoms with E-state index in [1.54, 1.807) is 19.4 Å². The fourth-order valence-electron chi connectivity index (χ4n) is 2.65. The summed E-state index contributed by atoms with van der Waals surface area (Å²) < 4.78 is 7.25. The number of phenolic OH excluding ortho intramolecular Hbond substituents is 1. The third-order valence-corrected chi connectivity index (χ3v) is 3.84. The van der Waals surface area contributed by atoms with E-state index in [9.17, 15) is 5.11 Å². The Kier molecular flexibility index (Phi) is 4.62. The van der Waals surface area contributed by atoms with Gasteiger partial charge >= 0.3 is 0 Å². The van der Waals surface area contributed by atoms with Crippen molar-refractivity contribution in [3.8, 4) is 22.6 Å². The molecule has 0 atom stereocenters. The number of rotatable bonds is 6. The first-order chi connectivity index (χ1) is 11.2. The lowest BCUT2D eigenvalue weighted by Gasteiger charge is -2.09. The fourth-order valence-corrected chi connectivity index (χ4v) is 2.65. The van der Waals surface area contributed by atoms with E-state index in [0.29, 0.717) is 5.75 Å². The van der Waals surface area contributed by atoms with E-state index in [4.69, 9.17) is 4.74 Å². The summed E-state index contributed by atoms with van der Waals surface area (Å²) in [5, 5.41) is 10.00. The molecule has 1 N–H and O–H groups in total. The number of phenols is 1. The summed E-state index contributed by atoms with van der Waals surface area (Å²) in [6.07, 6.45) is 7.49. The Morgan fingerprint density at radius 1 is 1.09 bits per heavy atom. The fraction of sp³-hybridized carbons (Fsp3) is 0.211. The van der Waals surface area contributed by atoms with E-state index in [1.807, 2.05) is 42.9 Å². The predicted octanol–water partition coefficient (Wildman–Crippen LogP) is 3.90. The van der Waals surface area contributed by atoms with Gasteiger partial charge in [-0.1, -0.05) is 18.2 Å². The Morgan fingerprint density at radius 3 is 2.61 bits per heavy atom. The summed E-state index contributed by atoms with van der Waals surface area (Å²) in [7, 11) is 1.65. The van der Waals surface area contributed by atoms with Crippen LogP contribution < -0.4 is 4.74 Å². The smallest absolute Gasteiger partial charge is 0.118 e. The third kappa shape index (κ3) is 3.92. The van der Waals surface area contributed by atoms with E-state index >= 15 is 0 Å². The summed E-state index contributed by atoms with van der Waals surface area (Å²) in [6.45, 7) is 0.924. The zero-order valence-corrected chi connectivity index (χ0v) is 13.1. The molecule has 3 rings (SSSR count). The highest BCUT2D eigenvalue weighted by atomic mass is 16.5. The second-order valence-electron chi connectivity index (χ2n) is 5.52. The molecule has 0 saturated carbocycles. The number of imidazole rings is 1. The zero-order chi connectivity index (χ0) is 16.1. The molecule has 0 amide bonds. The number of hydrogen-bond donors (Lipinski definition) is 1. The molecule has 0 unspecified atom stereocenters. The number of benzene rings is 2. The lowest BCUT2D eigenvalue weighted by molar-refractivity contribution is 0.415. The highest BCUT2D eigenvalue weighted by Gasteiger charge is 2.04. The van der Waals surface area contributed by atoms with Crippen LogP contribution in [0.1, 0.15) is 12.0 Å². The summed E-state index contributed by atoms with van der Waals surface area (Å²) >= 11 is 0. The Bertz CT molecular complexity index is 750. The summed E-state index contributed by atoms with van der Waals surface area (Å²) in [5.74, 6) is 1.13. The largest absolute Gasteiger partial charge is 0.508 e. The zero-order valence-electron chi connectivity index (χ0n) is 13.1. The van der Waals surface area contributed by atoms with E-state index in [2.05, 4.69) is 15.6 Å². The van der Waals surface area contributed by atoms with Gasteiger partial charge in [0.15, 0.2) is 0 Å². The van der Waals surface area contributed by atoms with Crippen LogP contribution in [0.25, 0.3) is 11.1 Å². The van der Waals surface area contributed by atoms with Crippen molar-refractivity contribution in [1.29, 1.82) is 0 Å². The van der Waals surface area contributed by atoms with Crippen LogP contribution in [0.15, 0.2) is 61.2 Å². The van der Waals surface area contributed by atoms with Gasteiger partial charge in [0.1, 0.15) is 11.5 Å². The number of hydrogen-bond acceptors (Lipinski definition) is 3. The maximum atomic E-state index is 10.00. The lowest BCUT2D eigenvalue weighted by Crippen LogP contribution is -1.97. The predicted molar refractivity (Wildman–Crippen MR) is 90.6 cm³/mol. The highest BCUT2D eigenvalue weighted by Crippen LogP contribution is 2.27. The van der Waals surface area contributed by atoms with Crippen molar-refractivity contribution in [3.05, 3.63) is 66.7 Å². The van der Waals surface area contributed by atoms with Gasteiger partial charge < -0.3 is 14.4 Å². The normalized spacial score (nSPS) is 10.7. The van der Waals surface area contributed by atoms with Crippen LogP contribution in [0.4, 0.5) is 0 Å². The number of methoxy groups -OCH3 is 1. The van der Waals surface area contributed by atoms with Gasteiger partial charge in [-0.05, 0) is 53.8 Å². The van der Waals surface area contributed by atoms with Gasteiger partial charge in [-0.15, -0.1) is 0 Å². The Morgan fingerprint density at radius 2 is 1.91 bits per heavy atom. The molecule has 0 aliphatic rings. The second kappa shape index (κ2) is 7.01. The van der Waals surface area contributed by atoms with Crippen LogP contribution >= 0.6 is 0 Å². The summed E-state index contributed by atoms with van der Waals surface area (Å²) in [4.78, 5) is 4.04. The third-order valence-electron chi connectivity index (χ3n) is 3.84. The summed E-state index contributed by atoms with van der Waals surface area (Å²) in [5.41, 5.74) is 3.22. The van der Waals surface area contributed by atoms with Crippen LogP contribution in [-0.4, -0.2) is 21.8 Å². The topological polar surface area (TPSA) is 47.3 Å². The Labute approximate surface area is 136 Å². The molecule has 0 aliphatic carbocycles. The van der Waals surface area contributed by atoms with Gasteiger partial charge in [-0.2, -0.15) is 0 Å². The first-order valence-corrected chi connectivity index (χ1v) is 7.68. The second-order valence-corrected chi connectivity index (χ2v) is 5.52. The molecule has 0 saturated heterocycles. The molecule has 3 aromatic rings. The average molecular weight is 308 g/mol.